The van der Waals surface area contributed by atoms with Gasteiger partial charge in [0.25, 0.3) is 5.91 Å². The number of pyridine rings is 1. The molecule has 1 atom stereocenters. The molecule has 1 aliphatic rings. The Balaban J connectivity index is 1.46. The second kappa shape index (κ2) is 6.84. The number of nitrogens with zero attached hydrogens (tertiary/aromatic N) is 4. The van der Waals surface area contributed by atoms with E-state index < -0.39 is 0 Å². The summed E-state index contributed by atoms with van der Waals surface area (Å²) >= 11 is 0. The van der Waals surface area contributed by atoms with E-state index in [9.17, 15) is 4.79 Å². The fourth-order valence-corrected chi connectivity index (χ4v) is 3.19. The van der Waals surface area contributed by atoms with Crippen molar-refractivity contribution in [1.29, 1.82) is 0 Å². The van der Waals surface area contributed by atoms with Crippen molar-refractivity contribution in [3.63, 3.8) is 0 Å². The Hall–Kier alpha value is -3.02. The topological polar surface area (TPSA) is 71.0 Å². The zero-order chi connectivity index (χ0) is 17.1. The van der Waals surface area contributed by atoms with Gasteiger partial charge in [0.15, 0.2) is 5.65 Å². The van der Waals surface area contributed by atoms with Crippen molar-refractivity contribution in [2.24, 2.45) is 0 Å². The maximum absolute atomic E-state index is 12.6. The SMILES string of the molecule is O=C(c1ccccc1)N1CCCC(Nc2ccc3nccnc3n2)C1. The van der Waals surface area contributed by atoms with Crippen molar-refractivity contribution >= 4 is 22.9 Å². The van der Waals surface area contributed by atoms with Gasteiger partial charge in [0.05, 0.1) is 0 Å². The summed E-state index contributed by atoms with van der Waals surface area (Å²) in [7, 11) is 0. The highest BCUT2D eigenvalue weighted by molar-refractivity contribution is 5.94. The van der Waals surface area contributed by atoms with Crippen LogP contribution < -0.4 is 5.32 Å². The zero-order valence-corrected chi connectivity index (χ0v) is 13.8. The summed E-state index contributed by atoms with van der Waals surface area (Å²) < 4.78 is 0. The normalized spacial score (nSPS) is 17.4. The van der Waals surface area contributed by atoms with Crippen molar-refractivity contribution < 1.29 is 4.79 Å². The van der Waals surface area contributed by atoms with Crippen LogP contribution in [0.4, 0.5) is 5.82 Å². The molecule has 6 heteroatoms. The number of hydrogen-bond donors (Lipinski definition) is 1. The van der Waals surface area contributed by atoms with Crippen LogP contribution in [0, 0.1) is 0 Å². The average molecular weight is 333 g/mol. The highest BCUT2D eigenvalue weighted by Crippen LogP contribution is 2.18. The number of likely N-dealkylation sites (tertiary alicyclic amines) is 1. The van der Waals surface area contributed by atoms with Gasteiger partial charge in [-0.05, 0) is 37.1 Å². The molecule has 2 aromatic heterocycles. The largest absolute Gasteiger partial charge is 0.365 e. The molecule has 1 fully saturated rings. The number of aromatic nitrogens is 3. The molecule has 1 saturated heterocycles. The molecule has 0 bridgehead atoms. The van der Waals surface area contributed by atoms with Crippen LogP contribution in [0.5, 0.6) is 0 Å². The minimum absolute atomic E-state index is 0.0874. The number of fused-ring (bicyclic) bond motifs is 1. The third-order valence-corrected chi connectivity index (χ3v) is 4.41. The van der Waals surface area contributed by atoms with E-state index in [0.29, 0.717) is 12.2 Å². The Morgan fingerprint density at radius 2 is 1.92 bits per heavy atom. The van der Waals surface area contributed by atoms with E-state index in [1.54, 1.807) is 12.4 Å². The van der Waals surface area contributed by atoms with Crippen molar-refractivity contribution in [2.75, 3.05) is 18.4 Å². The summed E-state index contributed by atoms with van der Waals surface area (Å²) in [5, 5.41) is 3.44. The predicted octanol–water partition coefficient (Wildman–Crippen LogP) is 2.74. The molecule has 0 spiro atoms. The monoisotopic (exact) mass is 333 g/mol. The van der Waals surface area contributed by atoms with Gasteiger partial charge in [0.2, 0.25) is 0 Å². The number of nitrogens with one attached hydrogen (secondary N) is 1. The maximum atomic E-state index is 12.6. The van der Waals surface area contributed by atoms with Crippen LogP contribution in [0.25, 0.3) is 11.2 Å². The molecule has 0 radical (unpaired) electrons. The summed E-state index contributed by atoms with van der Waals surface area (Å²) in [6, 6.07) is 13.4. The molecule has 1 aromatic carbocycles. The molecule has 1 amide bonds. The Morgan fingerprint density at radius 3 is 2.80 bits per heavy atom. The molecular formula is C19H19N5O. The molecule has 1 unspecified atom stereocenters. The summed E-state index contributed by atoms with van der Waals surface area (Å²) in [4.78, 5) is 27.5. The Kier molecular flexibility index (Phi) is 4.24. The van der Waals surface area contributed by atoms with E-state index in [-0.39, 0.29) is 11.9 Å². The van der Waals surface area contributed by atoms with Crippen LogP contribution in [0.15, 0.2) is 54.9 Å². The van der Waals surface area contributed by atoms with Gasteiger partial charge in [0, 0.05) is 37.1 Å². The fourth-order valence-electron chi connectivity index (χ4n) is 3.19. The number of anilines is 1. The second-order valence-corrected chi connectivity index (χ2v) is 6.20. The van der Waals surface area contributed by atoms with E-state index in [1.807, 2.05) is 47.4 Å². The highest BCUT2D eigenvalue weighted by Gasteiger charge is 2.24. The summed E-state index contributed by atoms with van der Waals surface area (Å²) in [5.41, 5.74) is 2.14. The number of benzene rings is 1. The summed E-state index contributed by atoms with van der Waals surface area (Å²) in [6.07, 6.45) is 5.29. The van der Waals surface area contributed by atoms with Crippen LogP contribution in [0.2, 0.25) is 0 Å². The van der Waals surface area contributed by atoms with Crippen LogP contribution in [0.3, 0.4) is 0 Å². The standard InChI is InChI=1S/C19H19N5O/c25-19(14-5-2-1-3-6-14)24-12-4-7-15(13-24)22-17-9-8-16-18(23-17)21-11-10-20-16/h1-3,5-6,8-11,15H,4,7,12-13H2,(H,21,22,23). The second-order valence-electron chi connectivity index (χ2n) is 6.20. The first-order chi connectivity index (χ1) is 12.3. The van der Waals surface area contributed by atoms with Gasteiger partial charge in [-0.2, -0.15) is 0 Å². The first-order valence-electron chi connectivity index (χ1n) is 8.48. The van der Waals surface area contributed by atoms with Gasteiger partial charge < -0.3 is 10.2 Å². The minimum atomic E-state index is 0.0874. The van der Waals surface area contributed by atoms with Gasteiger partial charge in [-0.15, -0.1) is 0 Å². The molecule has 3 heterocycles. The predicted molar refractivity (Wildman–Crippen MR) is 96.3 cm³/mol. The van der Waals surface area contributed by atoms with E-state index >= 15 is 0 Å². The molecule has 0 saturated carbocycles. The number of carbonyl (C=O) groups excluding carboxylic acids is 1. The smallest absolute Gasteiger partial charge is 0.253 e. The van der Waals surface area contributed by atoms with E-state index in [1.165, 1.54) is 0 Å². The molecular weight excluding hydrogens is 314 g/mol. The first-order valence-corrected chi connectivity index (χ1v) is 8.48. The van der Waals surface area contributed by atoms with Gasteiger partial charge in [-0.3, -0.25) is 9.78 Å². The number of piperidine rings is 1. The Morgan fingerprint density at radius 1 is 1.08 bits per heavy atom. The van der Waals surface area contributed by atoms with Gasteiger partial charge in [-0.1, -0.05) is 18.2 Å². The van der Waals surface area contributed by atoms with Crippen molar-refractivity contribution in [3.05, 3.63) is 60.4 Å². The van der Waals surface area contributed by atoms with Gasteiger partial charge >= 0.3 is 0 Å². The third kappa shape index (κ3) is 3.42. The quantitative estimate of drug-likeness (QED) is 0.798. The first kappa shape index (κ1) is 15.5. The number of carbonyl (C=O) groups is 1. The average Bonchev–Trinajstić information content (AvgIpc) is 2.68. The molecule has 4 rings (SSSR count). The molecule has 3 aromatic rings. The van der Waals surface area contributed by atoms with E-state index in [4.69, 9.17) is 0 Å². The number of rotatable bonds is 3. The molecule has 1 N–H and O–H groups in total. The molecule has 25 heavy (non-hydrogen) atoms. The lowest BCUT2D eigenvalue weighted by atomic mass is 10.0. The van der Waals surface area contributed by atoms with Crippen molar-refractivity contribution in [1.82, 2.24) is 19.9 Å². The molecule has 6 nitrogen and oxygen atoms in total. The minimum Gasteiger partial charge on any atom is -0.365 e. The highest BCUT2D eigenvalue weighted by atomic mass is 16.2. The maximum Gasteiger partial charge on any atom is 0.253 e. The molecule has 0 aliphatic carbocycles. The van der Waals surface area contributed by atoms with Gasteiger partial charge in [0.1, 0.15) is 11.3 Å². The van der Waals surface area contributed by atoms with Crippen LogP contribution >= 0.6 is 0 Å². The number of amides is 1. The van der Waals surface area contributed by atoms with Crippen molar-refractivity contribution in [3.8, 4) is 0 Å². The van der Waals surface area contributed by atoms with Crippen LogP contribution in [0.1, 0.15) is 23.2 Å². The summed E-state index contributed by atoms with van der Waals surface area (Å²) in [5.74, 6) is 0.858. The van der Waals surface area contributed by atoms with Crippen molar-refractivity contribution in [2.45, 2.75) is 18.9 Å². The van der Waals surface area contributed by atoms with Crippen LogP contribution in [-0.4, -0.2) is 44.9 Å². The van der Waals surface area contributed by atoms with Crippen LogP contribution in [-0.2, 0) is 0 Å². The zero-order valence-electron chi connectivity index (χ0n) is 13.8. The molecule has 126 valence electrons. The number of hydrogen-bond acceptors (Lipinski definition) is 5. The Labute approximate surface area is 145 Å². The van der Waals surface area contributed by atoms with E-state index in [2.05, 4.69) is 20.3 Å². The molecule has 1 aliphatic heterocycles. The van der Waals surface area contributed by atoms with E-state index in [0.717, 1.165) is 36.3 Å². The summed E-state index contributed by atoms with van der Waals surface area (Å²) in [6.45, 7) is 1.47. The lowest BCUT2D eigenvalue weighted by Gasteiger charge is -2.33. The van der Waals surface area contributed by atoms with Gasteiger partial charge in [-0.25, -0.2) is 9.97 Å². The third-order valence-electron chi connectivity index (χ3n) is 4.41. The Bertz CT molecular complexity index is 883. The lowest BCUT2D eigenvalue weighted by Crippen LogP contribution is -2.45. The fraction of sp³-hybridized carbons (Fsp3) is 0.263. The lowest BCUT2D eigenvalue weighted by molar-refractivity contribution is 0.0714.